The van der Waals surface area contributed by atoms with Crippen LogP contribution in [0.4, 0.5) is 11.4 Å². The molecule has 1 heterocycles. The zero-order chi connectivity index (χ0) is 17.3. The number of hydrogen-bond acceptors (Lipinski definition) is 4. The smallest absolute Gasteiger partial charge is 0.270 e. The average Bonchev–Trinajstić information content (AvgIpc) is 2.72. The highest BCUT2D eigenvalue weighted by Crippen LogP contribution is 2.38. The van der Waals surface area contributed by atoms with E-state index in [0.29, 0.717) is 11.8 Å². The van der Waals surface area contributed by atoms with E-state index in [1.165, 1.54) is 18.2 Å². The van der Waals surface area contributed by atoms with Crippen LogP contribution in [0.3, 0.4) is 0 Å². The molecule has 5 nitrogen and oxygen atoms in total. The molecule has 1 unspecified atom stereocenters. The van der Waals surface area contributed by atoms with E-state index >= 15 is 0 Å². The lowest BCUT2D eigenvalue weighted by atomic mass is 10.1. The molecule has 7 heteroatoms. The number of para-hydroxylation sites is 1. The summed E-state index contributed by atoms with van der Waals surface area (Å²) in [4.78, 5) is 26.2. The number of non-ortho nitro benzene ring substituents is 1. The van der Waals surface area contributed by atoms with Crippen molar-refractivity contribution in [2.45, 2.75) is 23.5 Å². The highest BCUT2D eigenvalue weighted by atomic mass is 35.5. The number of thioether (sulfide) groups is 1. The Morgan fingerprint density at radius 1 is 1.33 bits per heavy atom. The first-order chi connectivity index (χ1) is 11.5. The summed E-state index contributed by atoms with van der Waals surface area (Å²) in [5.41, 5.74) is 0.827. The van der Waals surface area contributed by atoms with Crippen LogP contribution in [0.5, 0.6) is 0 Å². The van der Waals surface area contributed by atoms with E-state index in [0.717, 1.165) is 17.0 Å². The van der Waals surface area contributed by atoms with Gasteiger partial charge in [-0.15, -0.1) is 11.8 Å². The van der Waals surface area contributed by atoms with Gasteiger partial charge in [-0.05, 0) is 24.6 Å². The van der Waals surface area contributed by atoms with Gasteiger partial charge in [-0.25, -0.2) is 0 Å². The Morgan fingerprint density at radius 3 is 2.83 bits per heavy atom. The first-order valence-electron chi connectivity index (χ1n) is 7.49. The fraction of sp³-hybridized carbons (Fsp3) is 0.235. The normalized spacial score (nSPS) is 17.1. The van der Waals surface area contributed by atoms with E-state index < -0.39 is 4.92 Å². The van der Waals surface area contributed by atoms with Crippen molar-refractivity contribution in [3.05, 3.63) is 63.2 Å². The number of benzene rings is 2. The van der Waals surface area contributed by atoms with Gasteiger partial charge in [0.2, 0.25) is 0 Å². The first kappa shape index (κ1) is 16.8. The summed E-state index contributed by atoms with van der Waals surface area (Å²) in [6.45, 7) is 2.67. The zero-order valence-corrected chi connectivity index (χ0v) is 14.5. The van der Waals surface area contributed by atoms with Gasteiger partial charge in [-0.1, -0.05) is 30.7 Å². The lowest BCUT2D eigenvalue weighted by Gasteiger charge is -2.23. The first-order valence-corrected chi connectivity index (χ1v) is 8.74. The van der Waals surface area contributed by atoms with E-state index in [2.05, 4.69) is 6.92 Å². The predicted octanol–water partition coefficient (Wildman–Crippen LogP) is 4.78. The summed E-state index contributed by atoms with van der Waals surface area (Å²) in [7, 11) is 0. The topological polar surface area (TPSA) is 63.5 Å². The highest BCUT2D eigenvalue weighted by Gasteiger charge is 2.27. The van der Waals surface area contributed by atoms with Gasteiger partial charge >= 0.3 is 0 Å². The van der Waals surface area contributed by atoms with Crippen molar-refractivity contribution in [1.82, 2.24) is 0 Å². The standard InChI is InChI=1S/C17H15ClN2O3S/c1-11-8-9-19(15-4-2-3-5-16(15)24-11)17(21)13-10-12(20(22)23)6-7-14(13)18/h2-7,10-11H,8-9H2,1H3. The maximum absolute atomic E-state index is 13.0. The second-order valence-electron chi connectivity index (χ2n) is 5.56. The van der Waals surface area contributed by atoms with Crippen LogP contribution in [0, 0.1) is 10.1 Å². The molecule has 1 aliphatic rings. The molecule has 1 amide bonds. The van der Waals surface area contributed by atoms with Gasteiger partial charge in [-0.3, -0.25) is 14.9 Å². The summed E-state index contributed by atoms with van der Waals surface area (Å²) in [6.07, 6.45) is 0.831. The Hall–Kier alpha value is -2.05. The zero-order valence-electron chi connectivity index (χ0n) is 12.9. The number of nitro benzene ring substituents is 1. The van der Waals surface area contributed by atoms with Crippen molar-refractivity contribution in [3.8, 4) is 0 Å². The molecule has 0 saturated heterocycles. The molecule has 0 aromatic heterocycles. The number of nitrogens with zero attached hydrogens (tertiary/aromatic N) is 2. The van der Waals surface area contributed by atoms with Crippen LogP contribution in [-0.2, 0) is 0 Å². The van der Waals surface area contributed by atoms with Crippen molar-refractivity contribution in [1.29, 1.82) is 0 Å². The van der Waals surface area contributed by atoms with Gasteiger partial charge in [-0.2, -0.15) is 0 Å². The minimum absolute atomic E-state index is 0.145. The van der Waals surface area contributed by atoms with E-state index in [1.54, 1.807) is 16.7 Å². The monoisotopic (exact) mass is 362 g/mol. The van der Waals surface area contributed by atoms with Crippen molar-refractivity contribution in [3.63, 3.8) is 0 Å². The molecule has 0 spiro atoms. The van der Waals surface area contributed by atoms with E-state index in [1.807, 2.05) is 24.3 Å². The van der Waals surface area contributed by atoms with Crippen molar-refractivity contribution >= 4 is 40.6 Å². The molecule has 3 rings (SSSR count). The molecule has 0 fully saturated rings. The van der Waals surface area contributed by atoms with Crippen molar-refractivity contribution in [2.75, 3.05) is 11.4 Å². The number of carbonyl (C=O) groups is 1. The van der Waals surface area contributed by atoms with Crippen molar-refractivity contribution in [2.24, 2.45) is 0 Å². The quantitative estimate of drug-likeness (QED) is 0.569. The number of hydrogen-bond donors (Lipinski definition) is 0. The fourth-order valence-corrected chi connectivity index (χ4v) is 3.95. The molecular formula is C17H15ClN2O3S. The maximum atomic E-state index is 13.0. The van der Waals surface area contributed by atoms with Crippen LogP contribution in [0.2, 0.25) is 5.02 Å². The maximum Gasteiger partial charge on any atom is 0.270 e. The van der Waals surface area contributed by atoms with Crippen molar-refractivity contribution < 1.29 is 9.72 Å². The second kappa shape index (κ2) is 6.83. The summed E-state index contributed by atoms with van der Waals surface area (Å²) in [5.74, 6) is -0.314. The molecule has 24 heavy (non-hydrogen) atoms. The van der Waals surface area contributed by atoms with Gasteiger partial charge in [0.05, 0.1) is 21.2 Å². The van der Waals surface area contributed by atoms with Crippen LogP contribution >= 0.6 is 23.4 Å². The van der Waals surface area contributed by atoms with Crippen LogP contribution in [-0.4, -0.2) is 22.6 Å². The molecule has 0 N–H and O–H groups in total. The fourth-order valence-electron chi connectivity index (χ4n) is 2.63. The Labute approximate surface area is 148 Å². The van der Waals surface area contributed by atoms with E-state index in [-0.39, 0.29) is 22.2 Å². The lowest BCUT2D eigenvalue weighted by molar-refractivity contribution is -0.384. The number of nitro groups is 1. The molecule has 0 radical (unpaired) electrons. The van der Waals surface area contributed by atoms with Crippen LogP contribution < -0.4 is 4.90 Å². The van der Waals surface area contributed by atoms with Gasteiger partial charge in [0.1, 0.15) is 0 Å². The average molecular weight is 363 g/mol. The molecule has 2 aromatic rings. The van der Waals surface area contributed by atoms with E-state index in [4.69, 9.17) is 11.6 Å². The van der Waals surface area contributed by atoms with Gasteiger partial charge < -0.3 is 4.90 Å². The van der Waals surface area contributed by atoms with Gasteiger partial charge in [0.15, 0.2) is 0 Å². The van der Waals surface area contributed by atoms with Crippen LogP contribution in [0.1, 0.15) is 23.7 Å². The molecule has 2 aromatic carbocycles. The minimum atomic E-state index is -0.526. The van der Waals surface area contributed by atoms with Crippen LogP contribution in [0.25, 0.3) is 0 Å². The number of anilines is 1. The Morgan fingerprint density at radius 2 is 2.08 bits per heavy atom. The van der Waals surface area contributed by atoms with Gasteiger partial charge in [0.25, 0.3) is 11.6 Å². The number of rotatable bonds is 2. The van der Waals surface area contributed by atoms with Gasteiger partial charge in [0, 0.05) is 28.8 Å². The second-order valence-corrected chi connectivity index (χ2v) is 7.45. The third-order valence-electron chi connectivity index (χ3n) is 3.88. The number of fused-ring (bicyclic) bond motifs is 1. The summed E-state index contributed by atoms with van der Waals surface area (Å²) < 4.78 is 0. The minimum Gasteiger partial charge on any atom is -0.307 e. The summed E-state index contributed by atoms with van der Waals surface area (Å²) in [5, 5.41) is 11.6. The molecule has 1 aliphatic heterocycles. The summed E-state index contributed by atoms with van der Waals surface area (Å²) >= 11 is 7.86. The Bertz CT molecular complexity index is 812. The predicted molar refractivity (Wildman–Crippen MR) is 96.2 cm³/mol. The molecule has 0 bridgehead atoms. The molecule has 1 atom stereocenters. The molecule has 0 saturated carbocycles. The number of halogens is 1. The Kier molecular flexibility index (Phi) is 4.78. The van der Waals surface area contributed by atoms with Crippen LogP contribution in [0.15, 0.2) is 47.4 Å². The summed E-state index contributed by atoms with van der Waals surface area (Å²) in [6, 6.07) is 11.6. The Balaban J connectivity index is 2.04. The molecule has 124 valence electrons. The lowest BCUT2D eigenvalue weighted by Crippen LogP contribution is -2.32. The SMILES string of the molecule is CC1CCN(C(=O)c2cc([N+](=O)[O-])ccc2Cl)c2ccccc2S1. The number of amides is 1. The number of carbonyl (C=O) groups excluding carboxylic acids is 1. The highest BCUT2D eigenvalue weighted by molar-refractivity contribution is 8.00. The third-order valence-corrected chi connectivity index (χ3v) is 5.45. The molecular weight excluding hydrogens is 348 g/mol. The largest absolute Gasteiger partial charge is 0.307 e. The molecule has 0 aliphatic carbocycles. The third kappa shape index (κ3) is 3.25. The van der Waals surface area contributed by atoms with E-state index in [9.17, 15) is 14.9 Å².